The first-order chi connectivity index (χ1) is 5.43. The number of hydroxylamine groups is 1. The predicted octanol–water partition coefficient (Wildman–Crippen LogP) is 0.518. The van der Waals surface area contributed by atoms with Gasteiger partial charge in [0.15, 0.2) is 0 Å². The van der Waals surface area contributed by atoms with E-state index in [9.17, 15) is 0 Å². The Kier molecular flexibility index (Phi) is 3.51. The van der Waals surface area contributed by atoms with Crippen LogP contribution in [-0.4, -0.2) is 16.6 Å². The summed E-state index contributed by atoms with van der Waals surface area (Å²) < 4.78 is 0. The van der Waals surface area contributed by atoms with Crippen LogP contribution >= 0.6 is 0 Å². The van der Waals surface area contributed by atoms with Gasteiger partial charge in [0.25, 0.3) is 0 Å². The smallest absolute Gasteiger partial charge is 0.144 e. The van der Waals surface area contributed by atoms with E-state index in [0.29, 0.717) is 13.2 Å². The third kappa shape index (κ3) is 3.06. The van der Waals surface area contributed by atoms with Crippen molar-refractivity contribution < 1.29 is 4.84 Å². The summed E-state index contributed by atoms with van der Waals surface area (Å²) in [5, 5.41) is 0. The summed E-state index contributed by atoms with van der Waals surface area (Å²) in [5.41, 5.74) is 2.73. The van der Waals surface area contributed by atoms with Crippen LogP contribution in [0.5, 0.6) is 0 Å². The summed E-state index contributed by atoms with van der Waals surface area (Å²) in [6, 6.07) is 1.78. The van der Waals surface area contributed by atoms with Crippen molar-refractivity contribution in [1.82, 2.24) is 15.4 Å². The number of rotatable bonds is 4. The lowest BCUT2D eigenvalue weighted by Gasteiger charge is -2.00. The van der Waals surface area contributed by atoms with Gasteiger partial charge in [-0.25, -0.2) is 9.97 Å². The molecule has 0 aliphatic heterocycles. The molecule has 4 heteroatoms. The fourth-order valence-corrected chi connectivity index (χ4v) is 0.639. The average Bonchev–Trinajstić information content (AvgIpc) is 2.07. The Bertz CT molecular complexity index is 190. The average molecular weight is 153 g/mol. The van der Waals surface area contributed by atoms with Gasteiger partial charge in [0.2, 0.25) is 0 Å². The second kappa shape index (κ2) is 4.76. The quantitative estimate of drug-likeness (QED) is 0.506. The number of nitrogens with one attached hydrogen (secondary N) is 1. The largest absolute Gasteiger partial charge is 0.302 e. The van der Waals surface area contributed by atoms with E-state index in [1.165, 1.54) is 0 Å². The monoisotopic (exact) mass is 153 g/mol. The van der Waals surface area contributed by atoms with E-state index in [-0.39, 0.29) is 0 Å². The van der Waals surface area contributed by atoms with Crippen LogP contribution in [0.25, 0.3) is 0 Å². The molecule has 1 N–H and O–H groups in total. The van der Waals surface area contributed by atoms with E-state index in [4.69, 9.17) is 4.84 Å². The van der Waals surface area contributed by atoms with Crippen LogP contribution in [0.2, 0.25) is 0 Å². The first kappa shape index (κ1) is 8.10. The van der Waals surface area contributed by atoms with E-state index in [2.05, 4.69) is 15.4 Å². The lowest BCUT2D eigenvalue weighted by molar-refractivity contribution is 0.0448. The zero-order chi connectivity index (χ0) is 7.94. The molecule has 60 valence electrons. The Morgan fingerprint density at radius 3 is 2.82 bits per heavy atom. The Hall–Kier alpha value is -1.00. The molecule has 1 aromatic rings. The standard InChI is InChI=1S/C7H11N3O/c1-2-11-10-6-7-8-4-3-5-9-7/h3-5,10H,2,6H2,1H3. The molecule has 0 spiro atoms. The summed E-state index contributed by atoms with van der Waals surface area (Å²) in [6.07, 6.45) is 3.41. The van der Waals surface area contributed by atoms with Gasteiger partial charge in [0, 0.05) is 12.4 Å². The van der Waals surface area contributed by atoms with Gasteiger partial charge < -0.3 is 4.84 Å². The fraction of sp³-hybridized carbons (Fsp3) is 0.429. The number of aromatic nitrogens is 2. The molecule has 0 saturated carbocycles. The van der Waals surface area contributed by atoms with Crippen molar-refractivity contribution >= 4 is 0 Å². The molecule has 11 heavy (non-hydrogen) atoms. The molecule has 0 saturated heterocycles. The molecule has 1 rings (SSSR count). The molecule has 0 amide bonds. The third-order valence-electron chi connectivity index (χ3n) is 1.10. The summed E-state index contributed by atoms with van der Waals surface area (Å²) >= 11 is 0. The van der Waals surface area contributed by atoms with Crippen molar-refractivity contribution in [1.29, 1.82) is 0 Å². The molecule has 1 heterocycles. The highest BCUT2D eigenvalue weighted by atomic mass is 16.6. The Morgan fingerprint density at radius 1 is 1.45 bits per heavy atom. The molecule has 0 bridgehead atoms. The van der Waals surface area contributed by atoms with Gasteiger partial charge in [-0.3, -0.25) is 0 Å². The number of hydrogen-bond donors (Lipinski definition) is 1. The second-order valence-corrected chi connectivity index (χ2v) is 1.92. The summed E-state index contributed by atoms with van der Waals surface area (Å²) in [5.74, 6) is 0.737. The normalized spacial score (nSPS) is 9.91. The van der Waals surface area contributed by atoms with E-state index in [1.807, 2.05) is 6.92 Å². The van der Waals surface area contributed by atoms with Crippen LogP contribution in [0.4, 0.5) is 0 Å². The molecule has 0 aliphatic carbocycles. The number of nitrogens with zero attached hydrogens (tertiary/aromatic N) is 2. The highest BCUT2D eigenvalue weighted by Gasteiger charge is 1.90. The van der Waals surface area contributed by atoms with Crippen LogP contribution < -0.4 is 5.48 Å². The topological polar surface area (TPSA) is 47.0 Å². The molecular weight excluding hydrogens is 142 g/mol. The maximum absolute atomic E-state index is 4.91. The molecular formula is C7H11N3O. The summed E-state index contributed by atoms with van der Waals surface area (Å²) in [4.78, 5) is 12.9. The van der Waals surface area contributed by atoms with Crippen LogP contribution in [0.1, 0.15) is 12.7 Å². The molecule has 1 aromatic heterocycles. The zero-order valence-electron chi connectivity index (χ0n) is 6.45. The predicted molar refractivity (Wildman–Crippen MR) is 40.5 cm³/mol. The fourth-order valence-electron chi connectivity index (χ4n) is 0.639. The van der Waals surface area contributed by atoms with Gasteiger partial charge in [0.1, 0.15) is 5.82 Å². The maximum atomic E-state index is 4.91. The first-order valence-corrected chi connectivity index (χ1v) is 3.54. The molecule has 0 aliphatic rings. The van der Waals surface area contributed by atoms with Crippen molar-refractivity contribution in [3.8, 4) is 0 Å². The van der Waals surface area contributed by atoms with Gasteiger partial charge in [-0.2, -0.15) is 5.48 Å². The van der Waals surface area contributed by atoms with E-state index in [1.54, 1.807) is 18.5 Å². The van der Waals surface area contributed by atoms with Gasteiger partial charge in [-0.15, -0.1) is 0 Å². The summed E-state index contributed by atoms with van der Waals surface area (Å²) in [7, 11) is 0. The second-order valence-electron chi connectivity index (χ2n) is 1.92. The summed E-state index contributed by atoms with van der Waals surface area (Å²) in [6.45, 7) is 3.11. The lowest BCUT2D eigenvalue weighted by atomic mass is 10.5. The Morgan fingerprint density at radius 2 is 2.18 bits per heavy atom. The van der Waals surface area contributed by atoms with Crippen molar-refractivity contribution in [2.24, 2.45) is 0 Å². The van der Waals surface area contributed by atoms with Crippen LogP contribution in [0.3, 0.4) is 0 Å². The molecule has 0 fully saturated rings. The van der Waals surface area contributed by atoms with Crippen molar-refractivity contribution in [2.75, 3.05) is 6.61 Å². The highest BCUT2D eigenvalue weighted by Crippen LogP contribution is 1.85. The minimum Gasteiger partial charge on any atom is -0.302 e. The Balaban J connectivity index is 2.28. The Labute approximate surface area is 65.6 Å². The van der Waals surface area contributed by atoms with Crippen LogP contribution in [0, 0.1) is 0 Å². The molecule has 4 nitrogen and oxygen atoms in total. The number of hydrogen-bond acceptors (Lipinski definition) is 4. The van der Waals surface area contributed by atoms with Crippen molar-refractivity contribution in [3.05, 3.63) is 24.3 Å². The van der Waals surface area contributed by atoms with E-state index in [0.717, 1.165) is 5.82 Å². The van der Waals surface area contributed by atoms with Gasteiger partial charge in [0.05, 0.1) is 13.2 Å². The molecule has 0 aromatic carbocycles. The molecule has 0 unspecified atom stereocenters. The van der Waals surface area contributed by atoms with Gasteiger partial charge >= 0.3 is 0 Å². The zero-order valence-corrected chi connectivity index (χ0v) is 6.45. The molecule has 0 radical (unpaired) electrons. The van der Waals surface area contributed by atoms with Crippen LogP contribution in [0.15, 0.2) is 18.5 Å². The minimum atomic E-state index is 0.550. The van der Waals surface area contributed by atoms with Crippen LogP contribution in [-0.2, 0) is 11.4 Å². The lowest BCUT2D eigenvalue weighted by Crippen LogP contribution is -2.15. The minimum absolute atomic E-state index is 0.550. The van der Waals surface area contributed by atoms with E-state index >= 15 is 0 Å². The van der Waals surface area contributed by atoms with Gasteiger partial charge in [-0.05, 0) is 13.0 Å². The first-order valence-electron chi connectivity index (χ1n) is 3.54. The highest BCUT2D eigenvalue weighted by molar-refractivity contribution is 4.86. The van der Waals surface area contributed by atoms with Gasteiger partial charge in [-0.1, -0.05) is 0 Å². The SMILES string of the molecule is CCONCc1ncccn1. The van der Waals surface area contributed by atoms with E-state index < -0.39 is 0 Å². The molecule has 0 atom stereocenters. The third-order valence-corrected chi connectivity index (χ3v) is 1.10. The van der Waals surface area contributed by atoms with Crippen molar-refractivity contribution in [2.45, 2.75) is 13.5 Å². The maximum Gasteiger partial charge on any atom is 0.144 e. The van der Waals surface area contributed by atoms with Crippen molar-refractivity contribution in [3.63, 3.8) is 0 Å².